The summed E-state index contributed by atoms with van der Waals surface area (Å²) < 4.78 is 13.0. The first-order valence-electron chi connectivity index (χ1n) is 7.17. The Kier molecular flexibility index (Phi) is 5.12. The number of aromatic amines is 1. The molecule has 1 amide bonds. The minimum absolute atomic E-state index is 0.187. The molecule has 0 radical (unpaired) electrons. The zero-order valence-electron chi connectivity index (χ0n) is 13.1. The molecule has 0 bridgehead atoms. The van der Waals surface area contributed by atoms with Crippen LogP contribution in [0.25, 0.3) is 11.3 Å². The van der Waals surface area contributed by atoms with Gasteiger partial charge in [0.05, 0.1) is 30.7 Å². The summed E-state index contributed by atoms with van der Waals surface area (Å²) in [5.41, 5.74) is 0.700. The highest BCUT2D eigenvalue weighted by molar-refractivity contribution is 5.99. The minimum Gasteiger partial charge on any atom is -0.396 e. The van der Waals surface area contributed by atoms with Crippen molar-refractivity contribution in [2.24, 2.45) is 5.41 Å². The molecule has 0 unspecified atom stereocenters. The zero-order chi connectivity index (χ0) is 17.0. The largest absolute Gasteiger partial charge is 0.396 e. The average molecular weight is 321 g/mol. The van der Waals surface area contributed by atoms with Gasteiger partial charge >= 0.3 is 0 Å². The molecule has 6 nitrogen and oxygen atoms in total. The van der Waals surface area contributed by atoms with Crippen LogP contribution in [-0.2, 0) is 0 Å². The van der Waals surface area contributed by atoms with Gasteiger partial charge in [0.2, 0.25) is 0 Å². The van der Waals surface area contributed by atoms with Crippen LogP contribution in [0.2, 0.25) is 0 Å². The molecule has 1 heterocycles. The molecule has 0 saturated heterocycles. The molecular weight excluding hydrogens is 301 g/mol. The monoisotopic (exact) mass is 321 g/mol. The summed E-state index contributed by atoms with van der Waals surface area (Å²) >= 11 is 0. The second-order valence-electron chi connectivity index (χ2n) is 5.95. The fourth-order valence-electron chi connectivity index (χ4n) is 2.28. The molecule has 0 saturated carbocycles. The highest BCUT2D eigenvalue weighted by atomic mass is 19.1. The van der Waals surface area contributed by atoms with Gasteiger partial charge < -0.3 is 15.1 Å². The van der Waals surface area contributed by atoms with Gasteiger partial charge in [-0.05, 0) is 24.3 Å². The van der Waals surface area contributed by atoms with E-state index in [9.17, 15) is 19.4 Å². The number of hydrogen-bond acceptors (Lipinski definition) is 4. The van der Waals surface area contributed by atoms with Crippen molar-refractivity contribution in [1.29, 1.82) is 0 Å². The van der Waals surface area contributed by atoms with Crippen molar-refractivity contribution < 1.29 is 19.4 Å². The van der Waals surface area contributed by atoms with Crippen molar-refractivity contribution in [3.63, 3.8) is 0 Å². The first-order valence-corrected chi connectivity index (χ1v) is 7.17. The topological polar surface area (TPSA) is 89.4 Å². The molecule has 1 aromatic carbocycles. The Morgan fingerprint density at radius 2 is 1.91 bits per heavy atom. The standard InChI is InChI=1S/C16H20FN3O3/c1-16(9-21,10-22)8-20(2)15(23)13-7-18-19-14(13)11-3-5-12(17)6-4-11/h3-7,21-22H,8-10H2,1-2H3,(H,18,19). The molecule has 0 fully saturated rings. The summed E-state index contributed by atoms with van der Waals surface area (Å²) in [4.78, 5) is 14.0. The van der Waals surface area contributed by atoms with Crippen LogP contribution in [0.5, 0.6) is 0 Å². The first-order chi connectivity index (χ1) is 10.9. The van der Waals surface area contributed by atoms with Gasteiger partial charge in [-0.3, -0.25) is 9.89 Å². The maximum absolute atomic E-state index is 13.0. The summed E-state index contributed by atoms with van der Waals surface area (Å²) in [5, 5.41) is 25.4. The summed E-state index contributed by atoms with van der Waals surface area (Å²) in [6, 6.07) is 5.74. The Morgan fingerprint density at radius 1 is 1.30 bits per heavy atom. The van der Waals surface area contributed by atoms with Gasteiger partial charge in [0.15, 0.2) is 0 Å². The predicted octanol–water partition coefficient (Wildman–Crippen LogP) is 1.28. The smallest absolute Gasteiger partial charge is 0.257 e. The van der Waals surface area contributed by atoms with Crippen LogP contribution in [-0.4, -0.2) is 58.0 Å². The van der Waals surface area contributed by atoms with E-state index < -0.39 is 5.41 Å². The molecule has 0 aliphatic carbocycles. The number of amides is 1. The first kappa shape index (κ1) is 17.1. The number of H-pyrrole nitrogens is 1. The van der Waals surface area contributed by atoms with Gasteiger partial charge in [-0.1, -0.05) is 6.92 Å². The van der Waals surface area contributed by atoms with Crippen LogP contribution >= 0.6 is 0 Å². The van der Waals surface area contributed by atoms with Gasteiger partial charge in [0.25, 0.3) is 5.91 Å². The van der Waals surface area contributed by atoms with Gasteiger partial charge in [-0.2, -0.15) is 5.10 Å². The Labute approximate surface area is 133 Å². The lowest BCUT2D eigenvalue weighted by Crippen LogP contribution is -2.41. The second kappa shape index (κ2) is 6.89. The highest BCUT2D eigenvalue weighted by Gasteiger charge is 2.28. The molecule has 2 aromatic rings. The van der Waals surface area contributed by atoms with E-state index >= 15 is 0 Å². The average Bonchev–Trinajstić information content (AvgIpc) is 3.04. The molecule has 0 aliphatic heterocycles. The van der Waals surface area contributed by atoms with Gasteiger partial charge in [-0.25, -0.2) is 4.39 Å². The van der Waals surface area contributed by atoms with Gasteiger partial charge in [0.1, 0.15) is 5.82 Å². The minimum atomic E-state index is -0.788. The molecule has 3 N–H and O–H groups in total. The lowest BCUT2D eigenvalue weighted by molar-refractivity contribution is 0.0366. The third kappa shape index (κ3) is 3.75. The number of aromatic nitrogens is 2. The summed E-state index contributed by atoms with van der Waals surface area (Å²) in [6.07, 6.45) is 1.41. The summed E-state index contributed by atoms with van der Waals surface area (Å²) in [5.74, 6) is -0.661. The van der Waals surface area contributed by atoms with E-state index in [1.807, 2.05) is 0 Å². The zero-order valence-corrected chi connectivity index (χ0v) is 13.1. The van der Waals surface area contributed by atoms with Crippen molar-refractivity contribution in [3.05, 3.63) is 41.8 Å². The van der Waals surface area contributed by atoms with E-state index in [1.54, 1.807) is 26.1 Å². The number of aliphatic hydroxyl groups excluding tert-OH is 2. The number of halogens is 1. The van der Waals surface area contributed by atoms with Crippen LogP contribution in [0, 0.1) is 11.2 Å². The molecule has 1 aromatic heterocycles. The normalized spacial score (nSPS) is 11.5. The number of carbonyl (C=O) groups excluding carboxylic acids is 1. The molecule has 7 heteroatoms. The summed E-state index contributed by atoms with van der Waals surface area (Å²) in [7, 11) is 1.59. The molecular formula is C16H20FN3O3. The summed E-state index contributed by atoms with van der Waals surface area (Å²) in [6.45, 7) is 1.40. The lowest BCUT2D eigenvalue weighted by atomic mass is 9.92. The molecule has 0 atom stereocenters. The van der Waals surface area contributed by atoms with E-state index in [0.717, 1.165) is 0 Å². The van der Waals surface area contributed by atoms with Crippen molar-refractivity contribution in [3.8, 4) is 11.3 Å². The van der Waals surface area contributed by atoms with Crippen molar-refractivity contribution in [2.45, 2.75) is 6.92 Å². The highest BCUT2D eigenvalue weighted by Crippen LogP contribution is 2.24. The predicted molar refractivity (Wildman–Crippen MR) is 83.2 cm³/mol. The van der Waals surface area contributed by atoms with Gasteiger partial charge in [0, 0.05) is 24.6 Å². The van der Waals surface area contributed by atoms with Gasteiger partial charge in [-0.15, -0.1) is 0 Å². The van der Waals surface area contributed by atoms with Crippen LogP contribution in [0.1, 0.15) is 17.3 Å². The van der Waals surface area contributed by atoms with E-state index in [-0.39, 0.29) is 31.5 Å². The second-order valence-corrected chi connectivity index (χ2v) is 5.95. The van der Waals surface area contributed by atoms with Crippen LogP contribution in [0.3, 0.4) is 0 Å². The van der Waals surface area contributed by atoms with E-state index in [1.165, 1.54) is 23.2 Å². The number of benzene rings is 1. The molecule has 23 heavy (non-hydrogen) atoms. The third-order valence-electron chi connectivity index (χ3n) is 3.73. The van der Waals surface area contributed by atoms with Crippen molar-refractivity contribution >= 4 is 5.91 Å². The quantitative estimate of drug-likeness (QED) is 0.748. The Morgan fingerprint density at radius 3 is 2.48 bits per heavy atom. The lowest BCUT2D eigenvalue weighted by Gasteiger charge is -2.30. The van der Waals surface area contributed by atoms with Crippen LogP contribution in [0.4, 0.5) is 4.39 Å². The maximum Gasteiger partial charge on any atom is 0.257 e. The molecule has 124 valence electrons. The number of nitrogens with one attached hydrogen (secondary N) is 1. The number of rotatable bonds is 6. The van der Waals surface area contributed by atoms with Crippen molar-refractivity contribution in [2.75, 3.05) is 26.8 Å². The van der Waals surface area contributed by atoms with Crippen molar-refractivity contribution in [1.82, 2.24) is 15.1 Å². The van der Waals surface area contributed by atoms with Crippen LogP contribution < -0.4 is 0 Å². The van der Waals surface area contributed by atoms with E-state index in [0.29, 0.717) is 16.8 Å². The van der Waals surface area contributed by atoms with Crippen LogP contribution in [0.15, 0.2) is 30.5 Å². The SMILES string of the molecule is CN(CC(C)(CO)CO)C(=O)c1cn[nH]c1-c1ccc(F)cc1. The number of hydrogen-bond donors (Lipinski definition) is 3. The Bertz CT molecular complexity index is 665. The fourth-order valence-corrected chi connectivity index (χ4v) is 2.28. The Hall–Kier alpha value is -2.25. The number of nitrogens with zero attached hydrogens (tertiary/aromatic N) is 2. The van der Waals surface area contributed by atoms with E-state index in [4.69, 9.17) is 0 Å². The van der Waals surface area contributed by atoms with E-state index in [2.05, 4.69) is 10.2 Å². The molecule has 0 spiro atoms. The number of carbonyl (C=O) groups is 1. The molecule has 2 rings (SSSR count). The maximum atomic E-state index is 13.0. The molecule has 0 aliphatic rings. The Balaban J connectivity index is 2.24. The number of aliphatic hydroxyl groups is 2. The third-order valence-corrected chi connectivity index (χ3v) is 3.73. The fraction of sp³-hybridized carbons (Fsp3) is 0.375.